The van der Waals surface area contributed by atoms with Gasteiger partial charge in [-0.1, -0.05) is 35.5 Å². The van der Waals surface area contributed by atoms with Crippen molar-refractivity contribution < 1.29 is 27.9 Å². The van der Waals surface area contributed by atoms with E-state index in [4.69, 9.17) is 16.7 Å². The lowest BCUT2D eigenvalue weighted by Crippen LogP contribution is -2.28. The van der Waals surface area contributed by atoms with Gasteiger partial charge in [-0.05, 0) is 55.0 Å². The third-order valence-corrected chi connectivity index (χ3v) is 6.40. The molecule has 0 aliphatic carbocycles. The summed E-state index contributed by atoms with van der Waals surface area (Å²) in [6, 6.07) is 13.4. The first-order valence-corrected chi connectivity index (χ1v) is 11.4. The second-order valence-electron chi connectivity index (χ2n) is 7.60. The zero-order chi connectivity index (χ0) is 25.3. The zero-order valence-electron chi connectivity index (χ0n) is 18.0. The minimum atomic E-state index is -4.43. The summed E-state index contributed by atoms with van der Waals surface area (Å²) in [7, 11) is 0. The molecule has 11 heteroatoms. The Morgan fingerprint density at radius 2 is 1.74 bits per heavy atom. The van der Waals surface area contributed by atoms with Crippen LogP contribution in [0.2, 0.25) is 5.02 Å². The van der Waals surface area contributed by atoms with Gasteiger partial charge in [0.1, 0.15) is 16.4 Å². The highest BCUT2D eigenvalue weighted by Gasteiger charge is 2.30. The number of amides is 1. The van der Waals surface area contributed by atoms with Gasteiger partial charge in [0.05, 0.1) is 23.4 Å². The first-order chi connectivity index (χ1) is 16.5. The van der Waals surface area contributed by atoms with Crippen molar-refractivity contribution in [3.63, 3.8) is 0 Å². The molecular weight excluding hydrogens is 503 g/mol. The SMILES string of the molecule is C[C@H](NC(=O)c1cc(Cl)cc2ncc(Sc3ccc(C(F)(F)F)cc3)n12)c1ccc(C(=O)O)cc1. The minimum Gasteiger partial charge on any atom is -0.478 e. The third-order valence-electron chi connectivity index (χ3n) is 5.18. The fourth-order valence-electron chi connectivity index (χ4n) is 3.39. The van der Waals surface area contributed by atoms with E-state index in [1.54, 1.807) is 29.5 Å². The van der Waals surface area contributed by atoms with E-state index in [0.29, 0.717) is 21.1 Å². The molecule has 35 heavy (non-hydrogen) atoms. The number of aromatic nitrogens is 2. The smallest absolute Gasteiger partial charge is 0.416 e. The van der Waals surface area contributed by atoms with Crippen molar-refractivity contribution >= 4 is 40.9 Å². The van der Waals surface area contributed by atoms with Crippen molar-refractivity contribution in [3.8, 4) is 0 Å². The number of fused-ring (bicyclic) bond motifs is 1. The zero-order valence-corrected chi connectivity index (χ0v) is 19.6. The molecule has 2 aromatic carbocycles. The fourth-order valence-corrected chi connectivity index (χ4v) is 4.50. The second-order valence-corrected chi connectivity index (χ2v) is 9.13. The van der Waals surface area contributed by atoms with Gasteiger partial charge in [0.2, 0.25) is 0 Å². The molecular formula is C24H17ClF3N3O3S. The molecule has 0 unspecified atom stereocenters. The van der Waals surface area contributed by atoms with Crippen LogP contribution in [-0.2, 0) is 6.18 Å². The molecule has 2 N–H and O–H groups in total. The molecule has 180 valence electrons. The van der Waals surface area contributed by atoms with Crippen molar-refractivity contribution in [2.45, 2.75) is 29.1 Å². The Hall–Kier alpha value is -3.50. The number of pyridine rings is 1. The van der Waals surface area contributed by atoms with Crippen LogP contribution in [0.25, 0.3) is 5.65 Å². The van der Waals surface area contributed by atoms with Crippen LogP contribution in [0.15, 0.2) is 76.8 Å². The van der Waals surface area contributed by atoms with E-state index in [1.165, 1.54) is 36.5 Å². The largest absolute Gasteiger partial charge is 0.478 e. The van der Waals surface area contributed by atoms with Crippen molar-refractivity contribution in [2.75, 3.05) is 0 Å². The van der Waals surface area contributed by atoms with E-state index in [9.17, 15) is 22.8 Å². The summed E-state index contributed by atoms with van der Waals surface area (Å²) in [6.45, 7) is 1.75. The Bertz CT molecular complexity index is 1400. The normalized spacial score (nSPS) is 12.5. The number of carbonyl (C=O) groups excluding carboxylic acids is 1. The first kappa shape index (κ1) is 24.6. The molecule has 0 radical (unpaired) electrons. The molecule has 0 saturated carbocycles. The number of benzene rings is 2. The summed E-state index contributed by atoms with van der Waals surface area (Å²) in [5.41, 5.74) is 0.667. The van der Waals surface area contributed by atoms with Gasteiger partial charge in [-0.15, -0.1) is 0 Å². The molecule has 0 spiro atoms. The molecule has 4 rings (SSSR count). The Balaban J connectivity index is 1.61. The number of imidazole rings is 1. The number of aromatic carboxylic acids is 1. The number of nitrogens with zero attached hydrogens (tertiary/aromatic N) is 2. The van der Waals surface area contributed by atoms with Crippen LogP contribution in [0.1, 0.15) is 44.9 Å². The molecule has 6 nitrogen and oxygen atoms in total. The van der Waals surface area contributed by atoms with Crippen LogP contribution in [0, 0.1) is 0 Å². The predicted octanol–water partition coefficient (Wildman–Crippen LogP) is 6.35. The lowest BCUT2D eigenvalue weighted by molar-refractivity contribution is -0.137. The first-order valence-electron chi connectivity index (χ1n) is 10.2. The maximum absolute atomic E-state index is 13.2. The van der Waals surface area contributed by atoms with Crippen LogP contribution in [0.4, 0.5) is 13.2 Å². The van der Waals surface area contributed by atoms with Gasteiger partial charge in [0.25, 0.3) is 5.91 Å². The highest BCUT2D eigenvalue weighted by atomic mass is 35.5. The Morgan fingerprint density at radius 1 is 1.09 bits per heavy atom. The van der Waals surface area contributed by atoms with Gasteiger partial charge in [-0.3, -0.25) is 9.20 Å². The maximum atomic E-state index is 13.2. The molecule has 2 aromatic heterocycles. The highest BCUT2D eigenvalue weighted by molar-refractivity contribution is 7.99. The summed E-state index contributed by atoms with van der Waals surface area (Å²) in [4.78, 5) is 29.1. The summed E-state index contributed by atoms with van der Waals surface area (Å²) in [6.07, 6.45) is -2.92. The van der Waals surface area contributed by atoms with E-state index in [2.05, 4.69) is 10.3 Å². The highest BCUT2D eigenvalue weighted by Crippen LogP contribution is 2.34. The molecule has 4 aromatic rings. The average molecular weight is 520 g/mol. The summed E-state index contributed by atoms with van der Waals surface area (Å²) in [5, 5.41) is 12.7. The van der Waals surface area contributed by atoms with Gasteiger partial charge in [0.15, 0.2) is 0 Å². The van der Waals surface area contributed by atoms with Crippen LogP contribution < -0.4 is 5.32 Å². The van der Waals surface area contributed by atoms with Gasteiger partial charge in [0, 0.05) is 16.0 Å². The van der Waals surface area contributed by atoms with Crippen LogP contribution in [0.5, 0.6) is 0 Å². The molecule has 0 aliphatic rings. The van der Waals surface area contributed by atoms with Crippen molar-refractivity contribution in [1.82, 2.24) is 14.7 Å². The number of nitrogens with one attached hydrogen (secondary N) is 1. The second kappa shape index (κ2) is 9.63. The molecule has 0 saturated heterocycles. The van der Waals surface area contributed by atoms with E-state index in [0.717, 1.165) is 23.9 Å². The van der Waals surface area contributed by atoms with Crippen LogP contribution in [0.3, 0.4) is 0 Å². The fraction of sp³-hybridized carbons (Fsp3) is 0.125. The Kier molecular flexibility index (Phi) is 6.77. The Morgan fingerprint density at radius 3 is 2.34 bits per heavy atom. The number of halogens is 4. The molecule has 2 heterocycles. The lowest BCUT2D eigenvalue weighted by Gasteiger charge is -2.16. The van der Waals surface area contributed by atoms with Gasteiger partial charge < -0.3 is 10.4 Å². The minimum absolute atomic E-state index is 0.132. The number of hydrogen-bond donors (Lipinski definition) is 2. The maximum Gasteiger partial charge on any atom is 0.416 e. The number of hydrogen-bond acceptors (Lipinski definition) is 4. The number of carbonyl (C=O) groups is 2. The van der Waals surface area contributed by atoms with E-state index in [1.807, 2.05) is 0 Å². The summed E-state index contributed by atoms with van der Waals surface area (Å²) >= 11 is 7.35. The van der Waals surface area contributed by atoms with Crippen LogP contribution >= 0.6 is 23.4 Å². The number of carboxylic acids is 1. The van der Waals surface area contributed by atoms with Crippen LogP contribution in [-0.4, -0.2) is 26.4 Å². The topological polar surface area (TPSA) is 83.7 Å². The standard InChI is InChI=1S/C24H17ClF3N3O3S/c1-13(14-2-4-15(5-3-14)23(33)34)30-22(32)19-10-17(25)11-20-29-12-21(31(19)20)35-18-8-6-16(7-9-18)24(26,27)28/h2-13H,1H3,(H,30,32)(H,33,34)/t13-/m0/s1. The molecule has 0 aliphatic heterocycles. The van der Waals surface area contributed by atoms with Gasteiger partial charge in [-0.2, -0.15) is 13.2 Å². The average Bonchev–Trinajstić information content (AvgIpc) is 3.20. The predicted molar refractivity (Wildman–Crippen MR) is 125 cm³/mol. The van der Waals surface area contributed by atoms with Crippen molar-refractivity contribution in [2.24, 2.45) is 0 Å². The monoisotopic (exact) mass is 519 g/mol. The molecule has 1 amide bonds. The summed E-state index contributed by atoms with van der Waals surface area (Å²) < 4.78 is 40.2. The molecule has 0 bridgehead atoms. The van der Waals surface area contributed by atoms with E-state index < -0.39 is 29.7 Å². The van der Waals surface area contributed by atoms with E-state index in [-0.39, 0.29) is 16.3 Å². The third kappa shape index (κ3) is 5.44. The number of rotatable bonds is 6. The number of alkyl halides is 3. The quantitative estimate of drug-likeness (QED) is 0.310. The lowest BCUT2D eigenvalue weighted by atomic mass is 10.1. The Labute approximate surface area is 206 Å². The van der Waals surface area contributed by atoms with Crippen molar-refractivity contribution in [3.05, 3.63) is 94.3 Å². The van der Waals surface area contributed by atoms with Crippen molar-refractivity contribution in [1.29, 1.82) is 0 Å². The van der Waals surface area contributed by atoms with Gasteiger partial charge >= 0.3 is 12.1 Å². The van der Waals surface area contributed by atoms with E-state index >= 15 is 0 Å². The molecule has 1 atom stereocenters. The summed E-state index contributed by atoms with van der Waals surface area (Å²) in [5.74, 6) is -1.51. The number of carboxylic acid groups (broad SMARTS) is 1. The van der Waals surface area contributed by atoms with Gasteiger partial charge in [-0.25, -0.2) is 9.78 Å². The molecule has 0 fully saturated rings.